The van der Waals surface area contributed by atoms with E-state index in [0.717, 1.165) is 0 Å². The molecule has 0 aromatic heterocycles. The molecule has 106 valence electrons. The molecule has 0 bridgehead atoms. The number of hydrogen-bond acceptors (Lipinski definition) is 3. The van der Waals surface area contributed by atoms with Gasteiger partial charge in [-0.05, 0) is 13.0 Å². The number of ether oxygens (including phenoxy) is 1. The number of benzene rings is 1. The van der Waals surface area contributed by atoms with Gasteiger partial charge in [0.05, 0.1) is 13.5 Å². The molecule has 0 aliphatic rings. The molecular formula is C12H14BrF2NO3. The van der Waals surface area contributed by atoms with E-state index < -0.39 is 17.6 Å². The Morgan fingerprint density at radius 1 is 1.53 bits per heavy atom. The van der Waals surface area contributed by atoms with Crippen molar-refractivity contribution in [2.75, 3.05) is 7.11 Å². The second kappa shape index (κ2) is 6.81. The Bertz CT molecular complexity index is 483. The molecule has 0 aliphatic heterocycles. The largest absolute Gasteiger partial charge is 0.494 e. The lowest BCUT2D eigenvalue weighted by Gasteiger charge is -2.14. The lowest BCUT2D eigenvalue weighted by atomic mass is 10.1. The summed E-state index contributed by atoms with van der Waals surface area (Å²) in [7, 11) is 1.25. The summed E-state index contributed by atoms with van der Waals surface area (Å²) in [5.74, 6) is -3.22. The molecule has 0 saturated heterocycles. The number of halogens is 3. The summed E-state index contributed by atoms with van der Waals surface area (Å²) < 4.78 is 32.4. The number of nitrogens with one attached hydrogen (secondary N) is 1. The summed E-state index contributed by atoms with van der Waals surface area (Å²) in [6.07, 6.45) is -0.0993. The quantitative estimate of drug-likeness (QED) is 0.783. The third-order valence-corrected chi connectivity index (χ3v) is 3.26. The summed E-state index contributed by atoms with van der Waals surface area (Å²) in [5.41, 5.74) is 0.0931. The van der Waals surface area contributed by atoms with Gasteiger partial charge < -0.3 is 15.2 Å². The first-order valence-electron chi connectivity index (χ1n) is 5.52. The van der Waals surface area contributed by atoms with Crippen molar-refractivity contribution in [3.8, 4) is 5.75 Å². The van der Waals surface area contributed by atoms with Crippen LogP contribution in [0.2, 0.25) is 0 Å². The van der Waals surface area contributed by atoms with Gasteiger partial charge in [-0.1, -0.05) is 15.9 Å². The third kappa shape index (κ3) is 4.14. The Hall–Kier alpha value is -1.21. The molecule has 0 fully saturated rings. The molecule has 1 aromatic rings. The lowest BCUT2D eigenvalue weighted by molar-refractivity contribution is -0.137. The molecule has 0 radical (unpaired) electrons. The van der Waals surface area contributed by atoms with E-state index in [-0.39, 0.29) is 30.3 Å². The molecule has 4 nitrogen and oxygen atoms in total. The van der Waals surface area contributed by atoms with Crippen LogP contribution in [0.5, 0.6) is 5.75 Å². The number of carboxylic acid groups (broad SMARTS) is 1. The summed E-state index contributed by atoms with van der Waals surface area (Å²) in [6, 6.07) is 0.978. The van der Waals surface area contributed by atoms with E-state index in [1.54, 1.807) is 6.92 Å². The maximum Gasteiger partial charge on any atom is 0.304 e. The number of aliphatic carboxylic acids is 1. The zero-order valence-electron chi connectivity index (χ0n) is 10.5. The van der Waals surface area contributed by atoms with Crippen LogP contribution in [-0.2, 0) is 11.3 Å². The first-order chi connectivity index (χ1) is 8.86. The van der Waals surface area contributed by atoms with E-state index in [0.29, 0.717) is 4.47 Å². The Morgan fingerprint density at radius 3 is 2.68 bits per heavy atom. The Morgan fingerprint density at radius 2 is 2.16 bits per heavy atom. The molecule has 0 saturated carbocycles. The van der Waals surface area contributed by atoms with Crippen LogP contribution in [0, 0.1) is 11.6 Å². The van der Waals surface area contributed by atoms with Gasteiger partial charge in [0.1, 0.15) is 0 Å². The van der Waals surface area contributed by atoms with E-state index in [4.69, 9.17) is 9.84 Å². The molecule has 0 unspecified atom stereocenters. The molecular weight excluding hydrogens is 324 g/mol. The fourth-order valence-corrected chi connectivity index (χ4v) is 2.05. The van der Waals surface area contributed by atoms with Crippen LogP contribution in [0.3, 0.4) is 0 Å². The lowest BCUT2D eigenvalue weighted by Crippen LogP contribution is -2.28. The Balaban J connectivity index is 2.84. The summed E-state index contributed by atoms with van der Waals surface area (Å²) in [4.78, 5) is 10.5. The molecule has 7 heteroatoms. The maximum atomic E-state index is 13.8. The van der Waals surface area contributed by atoms with Gasteiger partial charge in [0.2, 0.25) is 5.82 Å². The molecule has 0 aliphatic carbocycles. The van der Waals surface area contributed by atoms with E-state index in [2.05, 4.69) is 21.2 Å². The minimum atomic E-state index is -1.06. The van der Waals surface area contributed by atoms with Crippen LogP contribution in [0.25, 0.3) is 0 Å². The van der Waals surface area contributed by atoms with Gasteiger partial charge in [0.25, 0.3) is 0 Å². The van der Waals surface area contributed by atoms with Crippen molar-refractivity contribution in [3.63, 3.8) is 0 Å². The van der Waals surface area contributed by atoms with Crippen molar-refractivity contribution >= 4 is 21.9 Å². The van der Waals surface area contributed by atoms with Crippen LogP contribution < -0.4 is 10.1 Å². The number of rotatable bonds is 6. The van der Waals surface area contributed by atoms with Gasteiger partial charge >= 0.3 is 5.97 Å². The summed E-state index contributed by atoms with van der Waals surface area (Å²) >= 11 is 3.13. The maximum absolute atomic E-state index is 13.8. The highest BCUT2D eigenvalue weighted by Gasteiger charge is 2.18. The number of hydrogen-bond donors (Lipinski definition) is 2. The molecule has 0 spiro atoms. The van der Waals surface area contributed by atoms with Crippen molar-refractivity contribution < 1.29 is 23.4 Å². The first kappa shape index (κ1) is 15.8. The van der Waals surface area contributed by atoms with E-state index >= 15 is 0 Å². The zero-order chi connectivity index (χ0) is 14.6. The van der Waals surface area contributed by atoms with Gasteiger partial charge in [-0.3, -0.25) is 4.79 Å². The van der Waals surface area contributed by atoms with E-state index in [9.17, 15) is 13.6 Å². The van der Waals surface area contributed by atoms with Gasteiger partial charge in [-0.25, -0.2) is 4.39 Å². The van der Waals surface area contributed by atoms with Crippen molar-refractivity contribution in [1.29, 1.82) is 0 Å². The molecule has 19 heavy (non-hydrogen) atoms. The second-order valence-corrected chi connectivity index (χ2v) is 4.90. The minimum Gasteiger partial charge on any atom is -0.494 e. The predicted molar refractivity (Wildman–Crippen MR) is 69.2 cm³/mol. The van der Waals surface area contributed by atoms with Crippen LogP contribution >= 0.6 is 15.9 Å². The molecule has 1 aromatic carbocycles. The zero-order valence-corrected chi connectivity index (χ0v) is 12.1. The Kier molecular flexibility index (Phi) is 5.68. The summed E-state index contributed by atoms with van der Waals surface area (Å²) in [5, 5.41) is 11.4. The number of methoxy groups -OCH3 is 1. The van der Waals surface area contributed by atoms with Gasteiger partial charge in [0.15, 0.2) is 11.6 Å². The fraction of sp³-hybridized carbons (Fsp3) is 0.417. The Labute approximate surface area is 117 Å². The fourth-order valence-electron chi connectivity index (χ4n) is 1.53. The highest BCUT2D eigenvalue weighted by molar-refractivity contribution is 9.10. The molecule has 1 rings (SSSR count). The van der Waals surface area contributed by atoms with Crippen LogP contribution in [0.4, 0.5) is 8.78 Å². The number of carbonyl (C=O) groups is 1. The van der Waals surface area contributed by atoms with E-state index in [1.165, 1.54) is 13.2 Å². The van der Waals surface area contributed by atoms with Crippen molar-refractivity contribution in [1.82, 2.24) is 5.32 Å². The molecule has 0 amide bonds. The van der Waals surface area contributed by atoms with Crippen LogP contribution in [-0.4, -0.2) is 24.2 Å². The van der Waals surface area contributed by atoms with Crippen LogP contribution in [0.1, 0.15) is 18.9 Å². The molecule has 2 N–H and O–H groups in total. The SMILES string of the molecule is COc1cc(Br)c(CN[C@H](C)CC(=O)O)c(F)c1F. The second-order valence-electron chi connectivity index (χ2n) is 4.05. The molecule has 1 atom stereocenters. The topological polar surface area (TPSA) is 58.6 Å². The monoisotopic (exact) mass is 337 g/mol. The molecule has 0 heterocycles. The van der Waals surface area contributed by atoms with Gasteiger partial charge in [0, 0.05) is 22.6 Å². The van der Waals surface area contributed by atoms with E-state index in [1.807, 2.05) is 0 Å². The van der Waals surface area contributed by atoms with Gasteiger partial charge in [-0.2, -0.15) is 4.39 Å². The standard InChI is InChI=1S/C12H14BrF2NO3/c1-6(3-10(17)18)16-5-7-8(13)4-9(19-2)12(15)11(7)14/h4,6,16H,3,5H2,1-2H3,(H,17,18)/t6-/m1/s1. The van der Waals surface area contributed by atoms with Crippen molar-refractivity contribution in [2.24, 2.45) is 0 Å². The third-order valence-electron chi connectivity index (χ3n) is 2.55. The normalized spacial score (nSPS) is 12.3. The highest BCUT2D eigenvalue weighted by Crippen LogP contribution is 2.29. The minimum absolute atomic E-state index is 0.0157. The average molecular weight is 338 g/mol. The van der Waals surface area contributed by atoms with Crippen LogP contribution in [0.15, 0.2) is 10.5 Å². The van der Waals surface area contributed by atoms with Crippen molar-refractivity contribution in [2.45, 2.75) is 25.9 Å². The summed E-state index contributed by atoms with van der Waals surface area (Å²) in [6.45, 7) is 1.67. The average Bonchev–Trinajstić information content (AvgIpc) is 2.32. The van der Waals surface area contributed by atoms with Gasteiger partial charge in [-0.15, -0.1) is 0 Å². The predicted octanol–water partition coefficient (Wildman–Crippen LogP) is 2.69. The smallest absolute Gasteiger partial charge is 0.304 e. The number of carboxylic acids is 1. The first-order valence-corrected chi connectivity index (χ1v) is 6.31. The highest BCUT2D eigenvalue weighted by atomic mass is 79.9. The van der Waals surface area contributed by atoms with Crippen molar-refractivity contribution in [3.05, 3.63) is 27.7 Å².